The maximum absolute atomic E-state index is 14.1. The first-order valence-electron chi connectivity index (χ1n) is 6.48. The maximum atomic E-state index is 14.1. The molecule has 0 unspecified atom stereocenters. The number of benzene rings is 2. The zero-order valence-corrected chi connectivity index (χ0v) is 10.8. The summed E-state index contributed by atoms with van der Waals surface area (Å²) in [6.45, 7) is 2.56. The van der Waals surface area contributed by atoms with Gasteiger partial charge >= 0.3 is 0 Å². The van der Waals surface area contributed by atoms with Crippen molar-refractivity contribution in [1.29, 1.82) is 0 Å². The average molecular weight is 259 g/mol. The van der Waals surface area contributed by atoms with Gasteiger partial charge in [-0.1, -0.05) is 18.2 Å². The second kappa shape index (κ2) is 4.65. The monoisotopic (exact) mass is 259 g/mol. The molecule has 0 fully saturated rings. The van der Waals surface area contributed by atoms with Crippen molar-refractivity contribution in [3.8, 4) is 11.1 Å². The van der Waals surface area contributed by atoms with E-state index < -0.39 is 11.6 Å². The lowest BCUT2D eigenvalue weighted by Crippen LogP contribution is -2.11. The number of anilines is 1. The number of hydrogen-bond acceptors (Lipinski definition) is 1. The molecule has 0 aliphatic carbocycles. The summed E-state index contributed by atoms with van der Waals surface area (Å²) < 4.78 is 28.0. The highest BCUT2D eigenvalue weighted by atomic mass is 19.1. The van der Waals surface area contributed by atoms with Crippen molar-refractivity contribution in [3.63, 3.8) is 0 Å². The fraction of sp³-hybridized carbons (Fsp3) is 0.250. The number of halogens is 2. The van der Waals surface area contributed by atoms with Crippen molar-refractivity contribution in [3.05, 3.63) is 53.1 Å². The first-order chi connectivity index (χ1) is 9.16. The Morgan fingerprint density at radius 3 is 2.79 bits per heavy atom. The molecule has 1 heterocycles. The molecule has 0 saturated carbocycles. The van der Waals surface area contributed by atoms with Gasteiger partial charge in [-0.05, 0) is 48.6 Å². The van der Waals surface area contributed by atoms with Crippen LogP contribution < -0.4 is 5.32 Å². The van der Waals surface area contributed by atoms with Crippen LogP contribution in [0, 0.1) is 18.6 Å². The van der Waals surface area contributed by atoms with E-state index in [2.05, 4.69) is 5.32 Å². The van der Waals surface area contributed by atoms with Crippen molar-refractivity contribution < 1.29 is 8.78 Å². The zero-order valence-electron chi connectivity index (χ0n) is 10.8. The van der Waals surface area contributed by atoms with Crippen molar-refractivity contribution in [2.75, 3.05) is 11.9 Å². The van der Waals surface area contributed by atoms with Gasteiger partial charge in [0.2, 0.25) is 0 Å². The summed E-state index contributed by atoms with van der Waals surface area (Å²) in [5.74, 6) is -0.991. The first-order valence-corrected chi connectivity index (χ1v) is 6.48. The molecule has 2 aromatic rings. The molecular formula is C16H15F2N. The van der Waals surface area contributed by atoms with Crippen LogP contribution >= 0.6 is 0 Å². The molecule has 19 heavy (non-hydrogen) atoms. The first kappa shape index (κ1) is 12.2. The second-order valence-corrected chi connectivity index (χ2v) is 4.96. The smallest absolute Gasteiger partial charge is 0.136 e. The lowest BCUT2D eigenvalue weighted by Gasteiger charge is -2.19. The van der Waals surface area contributed by atoms with Gasteiger partial charge in [-0.2, -0.15) is 0 Å². The van der Waals surface area contributed by atoms with Gasteiger partial charge in [0.05, 0.1) is 5.56 Å². The zero-order chi connectivity index (χ0) is 13.4. The summed E-state index contributed by atoms with van der Waals surface area (Å²) in [4.78, 5) is 0. The number of rotatable bonds is 1. The molecular weight excluding hydrogens is 244 g/mol. The quantitative estimate of drug-likeness (QED) is 0.805. The Kier molecular flexibility index (Phi) is 2.97. The van der Waals surface area contributed by atoms with E-state index in [1.54, 1.807) is 13.0 Å². The molecule has 0 amide bonds. The van der Waals surface area contributed by atoms with E-state index >= 15 is 0 Å². The molecule has 0 radical (unpaired) electrons. The molecule has 1 aliphatic rings. The molecule has 2 aromatic carbocycles. The highest BCUT2D eigenvalue weighted by Crippen LogP contribution is 2.32. The average Bonchev–Trinajstić information content (AvgIpc) is 2.43. The molecule has 3 rings (SSSR count). The van der Waals surface area contributed by atoms with Gasteiger partial charge in [-0.25, -0.2) is 8.78 Å². The molecule has 98 valence electrons. The Labute approximate surface area is 111 Å². The highest BCUT2D eigenvalue weighted by molar-refractivity contribution is 5.72. The van der Waals surface area contributed by atoms with Gasteiger partial charge in [-0.15, -0.1) is 0 Å². The van der Waals surface area contributed by atoms with Crippen LogP contribution in [-0.4, -0.2) is 6.54 Å². The molecule has 0 aromatic heterocycles. The van der Waals surface area contributed by atoms with Gasteiger partial charge in [0, 0.05) is 12.2 Å². The fourth-order valence-electron chi connectivity index (χ4n) is 2.54. The summed E-state index contributed by atoms with van der Waals surface area (Å²) >= 11 is 0. The molecule has 1 nitrogen and oxygen atoms in total. The summed E-state index contributed by atoms with van der Waals surface area (Å²) in [6, 6.07) is 8.38. The molecule has 0 bridgehead atoms. The summed E-state index contributed by atoms with van der Waals surface area (Å²) in [7, 11) is 0. The summed E-state index contributed by atoms with van der Waals surface area (Å²) in [6.07, 6.45) is 2.11. The lowest BCUT2D eigenvalue weighted by molar-refractivity contribution is 0.584. The predicted molar refractivity (Wildman–Crippen MR) is 73.3 cm³/mol. The van der Waals surface area contributed by atoms with E-state index in [1.165, 1.54) is 17.7 Å². The van der Waals surface area contributed by atoms with E-state index in [0.717, 1.165) is 25.1 Å². The van der Waals surface area contributed by atoms with E-state index in [-0.39, 0.29) is 5.56 Å². The van der Waals surface area contributed by atoms with Crippen LogP contribution in [-0.2, 0) is 6.42 Å². The number of aryl methyl sites for hydroxylation is 2. The van der Waals surface area contributed by atoms with Crippen LogP contribution in [0.1, 0.15) is 17.5 Å². The topological polar surface area (TPSA) is 12.0 Å². The molecule has 0 spiro atoms. The third-order valence-corrected chi connectivity index (χ3v) is 3.62. The highest BCUT2D eigenvalue weighted by Gasteiger charge is 2.16. The van der Waals surface area contributed by atoms with Crippen LogP contribution in [0.2, 0.25) is 0 Å². The predicted octanol–water partition coefficient (Wildman–Crippen LogP) is 4.30. The molecule has 1 aliphatic heterocycles. The van der Waals surface area contributed by atoms with Crippen molar-refractivity contribution in [1.82, 2.24) is 0 Å². The van der Waals surface area contributed by atoms with Crippen LogP contribution in [0.3, 0.4) is 0 Å². The number of nitrogens with one attached hydrogen (secondary N) is 1. The van der Waals surface area contributed by atoms with Gasteiger partial charge in [0.15, 0.2) is 0 Å². The van der Waals surface area contributed by atoms with E-state index in [9.17, 15) is 8.78 Å². The van der Waals surface area contributed by atoms with E-state index in [0.29, 0.717) is 11.1 Å². The number of hydrogen-bond donors (Lipinski definition) is 1. The Balaban J connectivity index is 2.15. The minimum absolute atomic E-state index is 0.0650. The SMILES string of the molecule is Cc1ccc(F)c(-c2ccc3c(c2)NCCC3)c1F. The van der Waals surface area contributed by atoms with Crippen LogP contribution in [0.5, 0.6) is 0 Å². The van der Waals surface area contributed by atoms with Crippen molar-refractivity contribution >= 4 is 5.69 Å². The molecule has 0 saturated heterocycles. The Morgan fingerprint density at radius 2 is 1.95 bits per heavy atom. The maximum Gasteiger partial charge on any atom is 0.136 e. The summed E-state index contributed by atoms with van der Waals surface area (Å²) in [5, 5.41) is 3.28. The normalized spacial score (nSPS) is 13.8. The van der Waals surface area contributed by atoms with Gasteiger partial charge in [0.25, 0.3) is 0 Å². The Morgan fingerprint density at radius 1 is 1.11 bits per heavy atom. The fourth-order valence-corrected chi connectivity index (χ4v) is 2.54. The molecule has 3 heteroatoms. The second-order valence-electron chi connectivity index (χ2n) is 4.96. The Hall–Kier alpha value is -1.90. The standard InChI is InChI=1S/C16H15F2N/c1-10-4-7-13(17)15(16(10)18)12-6-5-11-3-2-8-19-14(11)9-12/h4-7,9,19H,2-3,8H2,1H3. The minimum Gasteiger partial charge on any atom is -0.385 e. The van der Waals surface area contributed by atoms with E-state index in [4.69, 9.17) is 0 Å². The van der Waals surface area contributed by atoms with Gasteiger partial charge in [0.1, 0.15) is 11.6 Å². The van der Waals surface area contributed by atoms with E-state index in [1.807, 2.05) is 12.1 Å². The van der Waals surface area contributed by atoms with Gasteiger partial charge < -0.3 is 5.32 Å². The summed E-state index contributed by atoms with van der Waals surface area (Å²) in [5.41, 5.74) is 3.32. The third-order valence-electron chi connectivity index (χ3n) is 3.62. The van der Waals surface area contributed by atoms with Crippen LogP contribution in [0.25, 0.3) is 11.1 Å². The Bertz CT molecular complexity index is 635. The largest absolute Gasteiger partial charge is 0.385 e. The molecule has 1 N–H and O–H groups in total. The van der Waals surface area contributed by atoms with Gasteiger partial charge in [-0.3, -0.25) is 0 Å². The van der Waals surface area contributed by atoms with Crippen molar-refractivity contribution in [2.45, 2.75) is 19.8 Å². The third kappa shape index (κ3) is 2.09. The van der Waals surface area contributed by atoms with Crippen LogP contribution in [0.4, 0.5) is 14.5 Å². The van der Waals surface area contributed by atoms with Crippen molar-refractivity contribution in [2.24, 2.45) is 0 Å². The lowest BCUT2D eigenvalue weighted by atomic mass is 9.96. The molecule has 0 atom stereocenters. The van der Waals surface area contributed by atoms with Crippen LogP contribution in [0.15, 0.2) is 30.3 Å². The number of fused-ring (bicyclic) bond motifs is 1. The minimum atomic E-state index is -0.515.